The molecule has 0 unspecified atom stereocenters. The number of aromatic nitrogens is 2. The Morgan fingerprint density at radius 1 is 1.45 bits per heavy atom. The first-order valence-electron chi connectivity index (χ1n) is 6.34. The van der Waals surface area contributed by atoms with Gasteiger partial charge < -0.3 is 10.5 Å². The lowest BCUT2D eigenvalue weighted by Gasteiger charge is -2.09. The molecular weight excluding hydrogens is 294 g/mol. The Morgan fingerprint density at radius 2 is 2.20 bits per heavy atom. The van der Waals surface area contributed by atoms with Gasteiger partial charge in [-0.1, -0.05) is 11.6 Å². The smallest absolute Gasteiger partial charge is 0.120 e. The minimum absolute atomic E-state index is 0.727. The maximum Gasteiger partial charge on any atom is 0.120 e. The third-order valence-corrected chi connectivity index (χ3v) is 4.61. The summed E-state index contributed by atoms with van der Waals surface area (Å²) < 4.78 is 7.15. The zero-order chi connectivity index (χ0) is 14.7. The Labute approximate surface area is 128 Å². The van der Waals surface area contributed by atoms with Crippen LogP contribution in [0.4, 0.5) is 5.69 Å². The average Bonchev–Trinajstić information content (AvgIpc) is 2.73. The molecule has 0 amide bonds. The first kappa shape index (κ1) is 15.1. The van der Waals surface area contributed by atoms with E-state index in [1.165, 1.54) is 0 Å². The molecule has 0 atom stereocenters. The molecule has 2 rings (SSSR count). The van der Waals surface area contributed by atoms with Crippen LogP contribution in [0.15, 0.2) is 23.1 Å². The minimum Gasteiger partial charge on any atom is -0.497 e. The molecule has 0 bridgehead atoms. The fraction of sp³-hybridized carbons (Fsp3) is 0.357. The van der Waals surface area contributed by atoms with Crippen molar-refractivity contribution in [2.24, 2.45) is 0 Å². The van der Waals surface area contributed by atoms with Gasteiger partial charge in [-0.25, -0.2) is 0 Å². The first-order valence-corrected chi connectivity index (χ1v) is 7.71. The van der Waals surface area contributed by atoms with Crippen molar-refractivity contribution in [1.29, 1.82) is 0 Å². The number of anilines is 1. The van der Waals surface area contributed by atoms with Crippen molar-refractivity contribution in [3.63, 3.8) is 0 Å². The zero-order valence-corrected chi connectivity index (χ0v) is 13.4. The number of nitrogen functional groups attached to an aromatic ring is 1. The molecule has 0 fully saturated rings. The summed E-state index contributed by atoms with van der Waals surface area (Å²) in [5.74, 6) is 1.53. The van der Waals surface area contributed by atoms with Crippen LogP contribution in [0.5, 0.6) is 5.75 Å². The van der Waals surface area contributed by atoms with Crippen molar-refractivity contribution in [3.8, 4) is 5.75 Å². The van der Waals surface area contributed by atoms with Crippen LogP contribution in [0, 0.1) is 6.92 Å². The van der Waals surface area contributed by atoms with Crippen molar-refractivity contribution in [1.82, 2.24) is 9.78 Å². The third kappa shape index (κ3) is 3.04. The molecule has 0 aliphatic heterocycles. The number of benzene rings is 1. The number of halogens is 1. The van der Waals surface area contributed by atoms with Gasteiger partial charge in [0.2, 0.25) is 0 Å². The molecule has 4 nitrogen and oxygen atoms in total. The number of nitrogens with two attached hydrogens (primary N) is 1. The van der Waals surface area contributed by atoms with E-state index in [1.54, 1.807) is 18.9 Å². The van der Waals surface area contributed by atoms with E-state index >= 15 is 0 Å². The molecule has 0 saturated carbocycles. The number of thioether (sulfide) groups is 1. The summed E-state index contributed by atoms with van der Waals surface area (Å²) in [6.45, 7) is 4.77. The molecular formula is C14H18ClN3OS. The van der Waals surface area contributed by atoms with Gasteiger partial charge in [0.15, 0.2) is 0 Å². The molecule has 2 N–H and O–H groups in total. The average molecular weight is 312 g/mol. The number of nitrogens with zero attached hydrogens (tertiary/aromatic N) is 2. The van der Waals surface area contributed by atoms with E-state index in [1.807, 2.05) is 29.8 Å². The molecule has 1 heterocycles. The van der Waals surface area contributed by atoms with Gasteiger partial charge in [-0.15, -0.1) is 11.8 Å². The summed E-state index contributed by atoms with van der Waals surface area (Å²) in [5, 5.41) is 5.15. The lowest BCUT2D eigenvalue weighted by molar-refractivity contribution is 0.414. The molecule has 0 aliphatic rings. The highest BCUT2D eigenvalue weighted by Crippen LogP contribution is 2.33. The molecule has 6 heteroatoms. The summed E-state index contributed by atoms with van der Waals surface area (Å²) >= 11 is 7.94. The van der Waals surface area contributed by atoms with Crippen molar-refractivity contribution in [3.05, 3.63) is 34.6 Å². The minimum atomic E-state index is 0.727. The Hall–Kier alpha value is -1.33. The molecule has 0 spiro atoms. The summed E-state index contributed by atoms with van der Waals surface area (Å²) in [4.78, 5) is 0.988. The van der Waals surface area contributed by atoms with Gasteiger partial charge in [0.05, 0.1) is 23.5 Å². The topological polar surface area (TPSA) is 53.1 Å². The summed E-state index contributed by atoms with van der Waals surface area (Å²) in [7, 11) is 1.65. The highest BCUT2D eigenvalue weighted by molar-refractivity contribution is 7.98. The van der Waals surface area contributed by atoms with Crippen molar-refractivity contribution in [2.75, 3.05) is 12.8 Å². The normalized spacial score (nSPS) is 10.8. The Kier molecular flexibility index (Phi) is 4.83. The number of rotatable bonds is 5. The SMILES string of the molecule is CCn1nc(C)c(Cl)c1CSc1cc(OC)ccc1N. The van der Waals surface area contributed by atoms with E-state index in [0.29, 0.717) is 0 Å². The second kappa shape index (κ2) is 6.41. The van der Waals surface area contributed by atoms with E-state index < -0.39 is 0 Å². The van der Waals surface area contributed by atoms with Crippen LogP contribution in [0.25, 0.3) is 0 Å². The molecule has 0 saturated heterocycles. The van der Waals surface area contributed by atoms with E-state index in [9.17, 15) is 0 Å². The highest BCUT2D eigenvalue weighted by atomic mass is 35.5. The largest absolute Gasteiger partial charge is 0.497 e. The number of hydrogen-bond acceptors (Lipinski definition) is 4. The zero-order valence-electron chi connectivity index (χ0n) is 11.8. The Morgan fingerprint density at radius 3 is 2.85 bits per heavy atom. The van der Waals surface area contributed by atoms with Gasteiger partial charge in [-0.3, -0.25) is 4.68 Å². The quantitative estimate of drug-likeness (QED) is 0.675. The monoisotopic (exact) mass is 311 g/mol. The van der Waals surface area contributed by atoms with E-state index in [2.05, 4.69) is 12.0 Å². The summed E-state index contributed by atoms with van der Waals surface area (Å²) in [6.07, 6.45) is 0. The van der Waals surface area contributed by atoms with Crippen LogP contribution >= 0.6 is 23.4 Å². The van der Waals surface area contributed by atoms with Crippen molar-refractivity contribution >= 4 is 29.1 Å². The van der Waals surface area contributed by atoms with E-state index in [4.69, 9.17) is 22.1 Å². The fourth-order valence-electron chi connectivity index (χ4n) is 1.92. The lowest BCUT2D eigenvalue weighted by Crippen LogP contribution is -2.02. The van der Waals surface area contributed by atoms with Crippen LogP contribution in [0.1, 0.15) is 18.3 Å². The predicted molar refractivity (Wildman–Crippen MR) is 84.6 cm³/mol. The number of ether oxygens (including phenoxy) is 1. The van der Waals surface area contributed by atoms with Crippen LogP contribution in [0.3, 0.4) is 0 Å². The molecule has 20 heavy (non-hydrogen) atoms. The first-order chi connectivity index (χ1) is 9.56. The van der Waals surface area contributed by atoms with Crippen molar-refractivity contribution in [2.45, 2.75) is 31.0 Å². The second-order valence-electron chi connectivity index (χ2n) is 4.35. The Bertz CT molecular complexity index is 613. The van der Waals surface area contributed by atoms with Gasteiger partial charge in [0, 0.05) is 22.9 Å². The van der Waals surface area contributed by atoms with Crippen LogP contribution in [-0.2, 0) is 12.3 Å². The van der Waals surface area contributed by atoms with Gasteiger partial charge >= 0.3 is 0 Å². The number of methoxy groups -OCH3 is 1. The molecule has 2 aromatic rings. The molecule has 0 radical (unpaired) electrons. The Balaban J connectivity index is 2.20. The molecule has 1 aromatic heterocycles. The second-order valence-corrected chi connectivity index (χ2v) is 5.75. The van der Waals surface area contributed by atoms with Gasteiger partial charge in [-0.05, 0) is 32.0 Å². The van der Waals surface area contributed by atoms with Crippen LogP contribution in [0.2, 0.25) is 5.02 Å². The fourth-order valence-corrected chi connectivity index (χ4v) is 3.22. The molecule has 108 valence electrons. The summed E-state index contributed by atoms with van der Waals surface area (Å²) in [5.41, 5.74) is 8.62. The predicted octanol–water partition coefficient (Wildman–Crippen LogP) is 3.75. The molecule has 0 aliphatic carbocycles. The van der Waals surface area contributed by atoms with Gasteiger partial charge in [-0.2, -0.15) is 5.10 Å². The van der Waals surface area contributed by atoms with Crippen molar-refractivity contribution < 1.29 is 4.74 Å². The van der Waals surface area contributed by atoms with Gasteiger partial charge in [0.25, 0.3) is 0 Å². The number of aryl methyl sites for hydroxylation is 2. The van der Waals surface area contributed by atoms with E-state index in [-0.39, 0.29) is 0 Å². The van der Waals surface area contributed by atoms with E-state index in [0.717, 1.165) is 45.0 Å². The van der Waals surface area contributed by atoms with Crippen LogP contribution in [-0.4, -0.2) is 16.9 Å². The van der Waals surface area contributed by atoms with Gasteiger partial charge in [0.1, 0.15) is 5.75 Å². The maximum atomic E-state index is 6.30. The standard InChI is InChI=1S/C14H18ClN3OS/c1-4-18-12(14(15)9(2)17-18)8-20-13-7-10(19-3)5-6-11(13)16/h5-7H,4,8,16H2,1-3H3. The maximum absolute atomic E-state index is 6.30. The third-order valence-electron chi connectivity index (χ3n) is 3.04. The number of hydrogen-bond donors (Lipinski definition) is 1. The summed E-state index contributed by atoms with van der Waals surface area (Å²) in [6, 6.07) is 5.64. The molecule has 1 aromatic carbocycles. The van der Waals surface area contributed by atoms with Crippen LogP contribution < -0.4 is 10.5 Å². The highest BCUT2D eigenvalue weighted by Gasteiger charge is 2.13. The lowest BCUT2D eigenvalue weighted by atomic mass is 10.3.